The smallest absolute Gasteiger partial charge is 0.331 e. The molecule has 2 aromatic heterocycles. The number of aromatic nitrogens is 6. The van der Waals surface area contributed by atoms with Gasteiger partial charge in [0.1, 0.15) is 17.1 Å². The van der Waals surface area contributed by atoms with Gasteiger partial charge in [0.15, 0.2) is 12.1 Å². The quantitative estimate of drug-likeness (QED) is 0.163. The lowest BCUT2D eigenvalue weighted by Gasteiger charge is -2.27. The van der Waals surface area contributed by atoms with Crippen LogP contribution in [0.2, 0.25) is 0 Å². The monoisotopic (exact) mass is 632 g/mol. The Bertz CT molecular complexity index is 1730. The van der Waals surface area contributed by atoms with Crippen molar-refractivity contribution in [1.29, 1.82) is 0 Å². The second kappa shape index (κ2) is 14.0. The molecule has 1 fully saturated rings. The van der Waals surface area contributed by atoms with Crippen LogP contribution in [0.1, 0.15) is 40.8 Å². The number of carbonyl (C=O) groups is 4. The number of methoxy groups -OCH3 is 1. The first-order valence-electron chi connectivity index (χ1n) is 14.4. The number of carboxylic acid groups (broad SMARTS) is 2. The summed E-state index contributed by atoms with van der Waals surface area (Å²) < 4.78 is 7.48. The Kier molecular flexibility index (Phi) is 9.66. The highest BCUT2D eigenvalue weighted by Crippen LogP contribution is 2.29. The Balaban J connectivity index is 1.52. The van der Waals surface area contributed by atoms with E-state index in [4.69, 9.17) is 9.84 Å². The summed E-state index contributed by atoms with van der Waals surface area (Å²) in [6.07, 6.45) is 2.58. The number of amides is 1. The summed E-state index contributed by atoms with van der Waals surface area (Å²) in [4.78, 5) is 51.0. The molecule has 4 N–H and O–H groups in total. The van der Waals surface area contributed by atoms with Crippen LogP contribution in [0.3, 0.4) is 0 Å². The number of phenols is 1. The first-order valence-corrected chi connectivity index (χ1v) is 14.4. The Labute approximate surface area is 262 Å². The van der Waals surface area contributed by atoms with Crippen molar-refractivity contribution in [2.45, 2.75) is 31.3 Å². The van der Waals surface area contributed by atoms with Crippen LogP contribution >= 0.6 is 0 Å². The summed E-state index contributed by atoms with van der Waals surface area (Å²) in [5, 5.41) is 48.1. The molecule has 0 bridgehead atoms. The van der Waals surface area contributed by atoms with Crippen molar-refractivity contribution in [2.24, 2.45) is 0 Å². The van der Waals surface area contributed by atoms with Crippen molar-refractivity contribution in [3.05, 3.63) is 66.0 Å². The third kappa shape index (κ3) is 7.35. The van der Waals surface area contributed by atoms with E-state index in [-0.39, 0.29) is 36.6 Å². The standard InChI is InChI=1S/C30H32N8O8/c1-46-30(45)26(12-18-2-4-22(39)5-3-18)38-17-24(33-35-38)20-13-19(14-21(15-20)28(42)36-10-8-31-9-11-36)23-16-37(34-32-23)25(29(43)44)6-7-27(40)41/h2-5,13-17,25-26,31,39H,6-12H2,1H3,(H,40,41)(H,43,44)/t25-,26-/m0/s1. The maximum Gasteiger partial charge on any atom is 0.331 e. The number of phenolic OH excluding ortho intramolecular Hbond substituents is 1. The molecule has 16 nitrogen and oxygen atoms in total. The Morgan fingerprint density at radius 2 is 1.48 bits per heavy atom. The first-order chi connectivity index (χ1) is 22.1. The van der Waals surface area contributed by atoms with Crippen LogP contribution in [0.5, 0.6) is 5.75 Å². The lowest BCUT2D eigenvalue weighted by molar-refractivity contribution is -0.145. The molecule has 0 aliphatic carbocycles. The maximum absolute atomic E-state index is 13.6. The van der Waals surface area contributed by atoms with Crippen LogP contribution in [-0.2, 0) is 25.5 Å². The van der Waals surface area contributed by atoms with Gasteiger partial charge in [0.2, 0.25) is 0 Å². The zero-order chi connectivity index (χ0) is 32.8. The average Bonchev–Trinajstić information content (AvgIpc) is 3.75. The van der Waals surface area contributed by atoms with Gasteiger partial charge in [-0.1, -0.05) is 22.6 Å². The predicted molar refractivity (Wildman–Crippen MR) is 160 cm³/mol. The van der Waals surface area contributed by atoms with Gasteiger partial charge in [0.05, 0.1) is 19.5 Å². The van der Waals surface area contributed by atoms with E-state index in [0.717, 1.165) is 10.2 Å². The topological polar surface area (TPSA) is 215 Å². The molecule has 0 radical (unpaired) electrons. The molecule has 240 valence electrons. The largest absolute Gasteiger partial charge is 0.508 e. The fourth-order valence-electron chi connectivity index (χ4n) is 5.13. The number of hydrogen-bond donors (Lipinski definition) is 4. The van der Waals surface area contributed by atoms with Crippen LogP contribution in [0.15, 0.2) is 54.9 Å². The number of nitrogens with one attached hydrogen (secondary N) is 1. The van der Waals surface area contributed by atoms with Gasteiger partial charge >= 0.3 is 17.9 Å². The number of carboxylic acids is 2. The van der Waals surface area contributed by atoms with E-state index in [9.17, 15) is 29.4 Å². The van der Waals surface area contributed by atoms with Gasteiger partial charge in [-0.15, -0.1) is 10.2 Å². The predicted octanol–water partition coefficient (Wildman–Crippen LogP) is 1.40. The molecule has 1 aliphatic rings. The zero-order valence-corrected chi connectivity index (χ0v) is 24.8. The van der Waals surface area contributed by atoms with Crippen molar-refractivity contribution >= 4 is 23.8 Å². The number of rotatable bonds is 12. The van der Waals surface area contributed by atoms with E-state index in [1.165, 1.54) is 30.1 Å². The van der Waals surface area contributed by atoms with Gasteiger partial charge in [0, 0.05) is 55.7 Å². The Morgan fingerprint density at radius 1 is 0.891 bits per heavy atom. The SMILES string of the molecule is COC(=O)[C@H](Cc1ccc(O)cc1)n1cc(-c2cc(C(=O)N3CCNCC3)cc(-c3cn([C@@H](CCC(=O)O)C(=O)O)nn3)c2)nn1. The van der Waals surface area contributed by atoms with Gasteiger partial charge in [-0.2, -0.15) is 0 Å². The van der Waals surface area contributed by atoms with Crippen LogP contribution in [0.4, 0.5) is 0 Å². The molecule has 1 amide bonds. The normalized spacial score (nSPS) is 14.4. The first kappa shape index (κ1) is 31.8. The van der Waals surface area contributed by atoms with Crippen molar-refractivity contribution in [1.82, 2.24) is 40.2 Å². The number of piperazine rings is 1. The van der Waals surface area contributed by atoms with E-state index in [1.807, 2.05) is 0 Å². The van der Waals surface area contributed by atoms with Crippen LogP contribution in [0, 0.1) is 0 Å². The minimum Gasteiger partial charge on any atom is -0.508 e. The molecule has 5 rings (SSSR count). The molecule has 0 spiro atoms. The summed E-state index contributed by atoms with van der Waals surface area (Å²) in [6.45, 7) is 2.30. The second-order valence-electron chi connectivity index (χ2n) is 10.7. The van der Waals surface area contributed by atoms with Gasteiger partial charge in [0.25, 0.3) is 5.91 Å². The molecule has 3 heterocycles. The highest BCUT2D eigenvalue weighted by Gasteiger charge is 2.26. The third-order valence-electron chi connectivity index (χ3n) is 7.59. The molecule has 0 unspecified atom stereocenters. The third-order valence-corrected chi connectivity index (χ3v) is 7.59. The molecule has 1 saturated heterocycles. The number of benzene rings is 2. The summed E-state index contributed by atoms with van der Waals surface area (Å²) in [5.41, 5.74) is 2.59. The second-order valence-corrected chi connectivity index (χ2v) is 10.7. The number of ether oxygens (including phenoxy) is 1. The molecule has 4 aromatic rings. The number of hydrogen-bond acceptors (Lipinski definition) is 11. The van der Waals surface area contributed by atoms with Crippen LogP contribution in [-0.4, -0.2) is 107 Å². The van der Waals surface area contributed by atoms with Crippen LogP contribution in [0.25, 0.3) is 22.5 Å². The van der Waals surface area contributed by atoms with Gasteiger partial charge in [-0.3, -0.25) is 9.59 Å². The number of aliphatic carboxylic acids is 2. The Hall–Kier alpha value is -5.64. The van der Waals surface area contributed by atoms with E-state index in [2.05, 4.69) is 25.9 Å². The van der Waals surface area contributed by atoms with Crippen molar-refractivity contribution in [2.75, 3.05) is 33.3 Å². The minimum absolute atomic E-state index is 0.0891. The van der Waals surface area contributed by atoms with Crippen molar-refractivity contribution in [3.8, 4) is 28.3 Å². The molecule has 16 heteroatoms. The van der Waals surface area contributed by atoms with Crippen molar-refractivity contribution < 1.29 is 39.2 Å². The summed E-state index contributed by atoms with van der Waals surface area (Å²) in [6, 6.07) is 9.24. The van der Waals surface area contributed by atoms with E-state index in [0.29, 0.717) is 48.6 Å². The van der Waals surface area contributed by atoms with E-state index >= 15 is 0 Å². The van der Waals surface area contributed by atoms with Crippen molar-refractivity contribution in [3.63, 3.8) is 0 Å². The molecule has 0 saturated carbocycles. The minimum atomic E-state index is -1.26. The lowest BCUT2D eigenvalue weighted by Crippen LogP contribution is -2.46. The zero-order valence-electron chi connectivity index (χ0n) is 24.8. The molecule has 2 aromatic carbocycles. The summed E-state index contributed by atoms with van der Waals surface area (Å²) >= 11 is 0. The number of aromatic hydroxyl groups is 1. The number of esters is 1. The van der Waals surface area contributed by atoms with E-state index < -0.39 is 30.0 Å². The average molecular weight is 633 g/mol. The molecule has 1 aliphatic heterocycles. The highest BCUT2D eigenvalue weighted by molar-refractivity contribution is 5.97. The fourth-order valence-corrected chi connectivity index (χ4v) is 5.13. The highest BCUT2D eigenvalue weighted by atomic mass is 16.5. The Morgan fingerprint density at radius 3 is 2.02 bits per heavy atom. The van der Waals surface area contributed by atoms with Gasteiger partial charge < -0.3 is 30.3 Å². The fraction of sp³-hybridized carbons (Fsp3) is 0.333. The molecule has 2 atom stereocenters. The summed E-state index contributed by atoms with van der Waals surface area (Å²) in [7, 11) is 1.27. The molecular weight excluding hydrogens is 600 g/mol. The van der Waals surface area contributed by atoms with E-state index in [1.54, 1.807) is 41.4 Å². The number of nitrogens with zero attached hydrogens (tertiary/aromatic N) is 7. The maximum atomic E-state index is 13.6. The lowest BCUT2D eigenvalue weighted by atomic mass is 10.0. The molecule has 46 heavy (non-hydrogen) atoms. The van der Waals surface area contributed by atoms with Gasteiger partial charge in [-0.25, -0.2) is 19.0 Å². The molecular formula is C30H32N8O8. The summed E-state index contributed by atoms with van der Waals surface area (Å²) in [5.74, 6) is -3.09. The van der Waals surface area contributed by atoms with Crippen LogP contribution < -0.4 is 5.32 Å². The number of carbonyl (C=O) groups excluding carboxylic acids is 2. The van der Waals surface area contributed by atoms with Gasteiger partial charge in [-0.05, 0) is 42.3 Å².